The molecule has 0 saturated carbocycles. The van der Waals surface area contributed by atoms with Crippen LogP contribution in [0.25, 0.3) is 10.9 Å². The highest BCUT2D eigenvalue weighted by atomic mass is 19.4. The fourth-order valence-electron chi connectivity index (χ4n) is 2.07. The van der Waals surface area contributed by atoms with Crippen LogP contribution in [0.3, 0.4) is 0 Å². The SMILES string of the molecule is FC(F)(F)c1cccc2c(Nc3cc[nH]c3)ccnc12. The van der Waals surface area contributed by atoms with Gasteiger partial charge in [0.05, 0.1) is 16.8 Å². The minimum Gasteiger partial charge on any atom is -0.366 e. The standard InChI is InChI=1S/C14H10F3N3/c15-14(16,17)11-3-1-2-10-12(5-7-19-13(10)11)20-9-4-6-18-8-9/h1-8,18H,(H,19,20). The minimum absolute atomic E-state index is 0.0551. The Morgan fingerprint density at radius 1 is 1.10 bits per heavy atom. The first-order valence-electron chi connectivity index (χ1n) is 5.90. The molecule has 2 N–H and O–H groups in total. The zero-order chi connectivity index (χ0) is 14.2. The first kappa shape index (κ1) is 12.5. The third-order valence-corrected chi connectivity index (χ3v) is 2.95. The number of aromatic nitrogens is 2. The van der Waals surface area contributed by atoms with Crippen molar-refractivity contribution >= 4 is 22.3 Å². The number of nitrogens with one attached hydrogen (secondary N) is 2. The molecule has 6 heteroatoms. The van der Waals surface area contributed by atoms with E-state index in [-0.39, 0.29) is 5.52 Å². The summed E-state index contributed by atoms with van der Waals surface area (Å²) in [5, 5.41) is 3.50. The molecular formula is C14H10F3N3. The molecule has 3 rings (SSSR count). The summed E-state index contributed by atoms with van der Waals surface area (Å²) >= 11 is 0. The van der Waals surface area contributed by atoms with Gasteiger partial charge in [0.15, 0.2) is 0 Å². The molecule has 0 aliphatic carbocycles. The van der Waals surface area contributed by atoms with Crippen LogP contribution in [0.1, 0.15) is 5.56 Å². The number of nitrogens with zero attached hydrogens (tertiary/aromatic N) is 1. The molecule has 0 atom stereocenters. The third-order valence-electron chi connectivity index (χ3n) is 2.95. The lowest BCUT2D eigenvalue weighted by molar-refractivity contribution is -0.136. The molecule has 20 heavy (non-hydrogen) atoms. The van der Waals surface area contributed by atoms with E-state index in [1.807, 2.05) is 0 Å². The number of aromatic amines is 1. The molecule has 0 radical (unpaired) electrons. The Labute approximate surface area is 112 Å². The number of anilines is 2. The number of hydrogen-bond acceptors (Lipinski definition) is 2. The van der Waals surface area contributed by atoms with Gasteiger partial charge >= 0.3 is 6.18 Å². The maximum absolute atomic E-state index is 13.0. The monoisotopic (exact) mass is 277 g/mol. The second-order valence-corrected chi connectivity index (χ2v) is 4.28. The van der Waals surface area contributed by atoms with E-state index in [2.05, 4.69) is 15.3 Å². The first-order chi connectivity index (χ1) is 9.55. The predicted molar refractivity (Wildman–Crippen MR) is 70.8 cm³/mol. The molecule has 102 valence electrons. The lowest BCUT2D eigenvalue weighted by Crippen LogP contribution is -2.06. The van der Waals surface area contributed by atoms with Crippen LogP contribution in [0.5, 0.6) is 0 Å². The van der Waals surface area contributed by atoms with Crippen molar-refractivity contribution in [2.45, 2.75) is 6.18 Å². The number of pyridine rings is 1. The van der Waals surface area contributed by atoms with E-state index in [1.165, 1.54) is 12.3 Å². The van der Waals surface area contributed by atoms with E-state index >= 15 is 0 Å². The second kappa shape index (κ2) is 4.56. The van der Waals surface area contributed by atoms with Gasteiger partial charge in [0.2, 0.25) is 0 Å². The maximum atomic E-state index is 13.0. The van der Waals surface area contributed by atoms with E-state index in [9.17, 15) is 13.2 Å². The second-order valence-electron chi connectivity index (χ2n) is 4.28. The summed E-state index contributed by atoms with van der Waals surface area (Å²) in [7, 11) is 0. The van der Waals surface area contributed by atoms with Crippen LogP contribution in [-0.4, -0.2) is 9.97 Å². The third kappa shape index (κ3) is 2.20. The zero-order valence-electron chi connectivity index (χ0n) is 10.2. The van der Waals surface area contributed by atoms with Gasteiger partial charge in [-0.1, -0.05) is 12.1 Å². The Morgan fingerprint density at radius 3 is 2.65 bits per heavy atom. The highest BCUT2D eigenvalue weighted by Gasteiger charge is 2.33. The van der Waals surface area contributed by atoms with Crippen LogP contribution in [0.15, 0.2) is 48.9 Å². The van der Waals surface area contributed by atoms with E-state index < -0.39 is 11.7 Å². The van der Waals surface area contributed by atoms with Crippen LogP contribution in [0.4, 0.5) is 24.5 Å². The minimum atomic E-state index is -4.42. The normalized spacial score (nSPS) is 11.8. The summed E-state index contributed by atoms with van der Waals surface area (Å²) in [4.78, 5) is 6.75. The van der Waals surface area contributed by atoms with Crippen molar-refractivity contribution in [2.75, 3.05) is 5.32 Å². The van der Waals surface area contributed by atoms with Crippen LogP contribution in [0, 0.1) is 0 Å². The number of para-hydroxylation sites is 1. The van der Waals surface area contributed by atoms with Crippen LogP contribution < -0.4 is 5.32 Å². The largest absolute Gasteiger partial charge is 0.418 e. The van der Waals surface area contributed by atoms with Crippen LogP contribution in [-0.2, 0) is 6.18 Å². The van der Waals surface area contributed by atoms with Gasteiger partial charge in [-0.3, -0.25) is 4.98 Å². The van der Waals surface area contributed by atoms with Crippen molar-refractivity contribution in [3.63, 3.8) is 0 Å². The van der Waals surface area contributed by atoms with E-state index in [0.29, 0.717) is 11.1 Å². The number of rotatable bonds is 2. The summed E-state index contributed by atoms with van der Waals surface area (Å²) < 4.78 is 38.9. The number of H-pyrrole nitrogens is 1. The number of fused-ring (bicyclic) bond motifs is 1. The average Bonchev–Trinajstić information content (AvgIpc) is 2.90. The Bertz CT molecular complexity index is 733. The van der Waals surface area contributed by atoms with E-state index in [4.69, 9.17) is 0 Å². The van der Waals surface area contributed by atoms with Gasteiger partial charge in [-0.05, 0) is 18.2 Å². The van der Waals surface area contributed by atoms with Crippen LogP contribution >= 0.6 is 0 Å². The highest BCUT2D eigenvalue weighted by molar-refractivity contribution is 5.94. The number of hydrogen-bond donors (Lipinski definition) is 2. The summed E-state index contributed by atoms with van der Waals surface area (Å²) in [5.74, 6) is 0. The summed E-state index contributed by atoms with van der Waals surface area (Å²) in [6, 6.07) is 7.48. The zero-order valence-corrected chi connectivity index (χ0v) is 10.2. The molecule has 2 aromatic heterocycles. The maximum Gasteiger partial charge on any atom is 0.418 e. The molecule has 0 aliphatic heterocycles. The van der Waals surface area contributed by atoms with Crippen molar-refractivity contribution in [3.8, 4) is 0 Å². The number of halogens is 3. The smallest absolute Gasteiger partial charge is 0.366 e. The van der Waals surface area contributed by atoms with Gasteiger partial charge in [-0.25, -0.2) is 0 Å². The lowest BCUT2D eigenvalue weighted by atomic mass is 10.1. The molecule has 0 aliphatic rings. The molecule has 0 bridgehead atoms. The molecule has 3 nitrogen and oxygen atoms in total. The fraction of sp³-hybridized carbons (Fsp3) is 0.0714. The Morgan fingerprint density at radius 2 is 1.95 bits per heavy atom. The van der Waals surface area contributed by atoms with Gasteiger partial charge in [0.25, 0.3) is 0 Å². The molecule has 2 heterocycles. The van der Waals surface area contributed by atoms with E-state index in [0.717, 1.165) is 11.8 Å². The van der Waals surface area contributed by atoms with Gasteiger partial charge in [0.1, 0.15) is 0 Å². The van der Waals surface area contributed by atoms with Crippen molar-refractivity contribution in [1.29, 1.82) is 0 Å². The number of alkyl halides is 3. The Hall–Kier alpha value is -2.50. The molecule has 0 unspecified atom stereocenters. The molecular weight excluding hydrogens is 267 g/mol. The molecule has 1 aromatic carbocycles. The van der Waals surface area contributed by atoms with Gasteiger partial charge in [-0.15, -0.1) is 0 Å². The molecule has 3 aromatic rings. The van der Waals surface area contributed by atoms with Crippen molar-refractivity contribution in [3.05, 3.63) is 54.5 Å². The predicted octanol–water partition coefficient (Wildman–Crippen LogP) is 4.33. The van der Waals surface area contributed by atoms with Crippen molar-refractivity contribution < 1.29 is 13.2 Å². The van der Waals surface area contributed by atoms with Crippen molar-refractivity contribution in [1.82, 2.24) is 9.97 Å². The molecule has 0 fully saturated rings. The average molecular weight is 277 g/mol. The van der Waals surface area contributed by atoms with Gasteiger partial charge in [0, 0.05) is 29.7 Å². The number of benzene rings is 1. The Balaban J connectivity index is 2.16. The summed E-state index contributed by atoms with van der Waals surface area (Å²) in [6.07, 6.45) is 0.401. The van der Waals surface area contributed by atoms with Crippen LogP contribution in [0.2, 0.25) is 0 Å². The molecule has 0 amide bonds. The molecule has 0 saturated heterocycles. The topological polar surface area (TPSA) is 40.7 Å². The van der Waals surface area contributed by atoms with Gasteiger partial charge < -0.3 is 10.3 Å². The molecule has 0 spiro atoms. The summed E-state index contributed by atoms with van der Waals surface area (Å²) in [5.41, 5.74) is 0.573. The van der Waals surface area contributed by atoms with Crippen molar-refractivity contribution in [2.24, 2.45) is 0 Å². The lowest BCUT2D eigenvalue weighted by Gasteiger charge is -2.12. The summed E-state index contributed by atoms with van der Waals surface area (Å²) in [6.45, 7) is 0. The Kier molecular flexibility index (Phi) is 2.85. The highest BCUT2D eigenvalue weighted by Crippen LogP contribution is 2.36. The fourth-order valence-corrected chi connectivity index (χ4v) is 2.07. The quantitative estimate of drug-likeness (QED) is 0.732. The van der Waals surface area contributed by atoms with Gasteiger partial charge in [-0.2, -0.15) is 13.2 Å². The van der Waals surface area contributed by atoms with E-state index in [1.54, 1.807) is 30.6 Å². The first-order valence-corrected chi connectivity index (χ1v) is 5.90.